The highest BCUT2D eigenvalue weighted by Crippen LogP contribution is 2.31. The van der Waals surface area contributed by atoms with E-state index in [2.05, 4.69) is 5.32 Å². The molecule has 0 aliphatic carbocycles. The molecule has 0 bridgehead atoms. The fourth-order valence-electron chi connectivity index (χ4n) is 2.71. The molecule has 0 aromatic rings. The summed E-state index contributed by atoms with van der Waals surface area (Å²) in [6.07, 6.45) is -5.16. The van der Waals surface area contributed by atoms with Gasteiger partial charge in [-0.25, -0.2) is 0 Å². The Morgan fingerprint density at radius 1 is 1.29 bits per heavy atom. The lowest BCUT2D eigenvalue weighted by molar-refractivity contribution is -0.171. The van der Waals surface area contributed by atoms with Gasteiger partial charge in [0.25, 0.3) is 0 Å². The minimum Gasteiger partial charge on any atom is -0.340 e. The van der Waals surface area contributed by atoms with E-state index < -0.39 is 36.1 Å². The van der Waals surface area contributed by atoms with Crippen molar-refractivity contribution in [1.82, 2.24) is 10.2 Å². The van der Waals surface area contributed by atoms with Crippen molar-refractivity contribution in [1.29, 1.82) is 0 Å². The van der Waals surface area contributed by atoms with Crippen molar-refractivity contribution < 1.29 is 22.8 Å². The Balaban J connectivity index is 3.17. The maximum Gasteiger partial charge on any atom is 0.391 e. The number of carbonyl (C=O) groups is 2. The van der Waals surface area contributed by atoms with Crippen LogP contribution in [0.2, 0.25) is 0 Å². The van der Waals surface area contributed by atoms with Crippen molar-refractivity contribution in [3.8, 4) is 0 Å². The van der Waals surface area contributed by atoms with Crippen LogP contribution in [0.15, 0.2) is 0 Å². The molecule has 1 aliphatic rings. The van der Waals surface area contributed by atoms with Crippen LogP contribution in [0, 0.1) is 5.92 Å². The average Bonchev–Trinajstić information content (AvgIpc) is 2.30. The Labute approximate surface area is 123 Å². The summed E-state index contributed by atoms with van der Waals surface area (Å²) in [6, 6.07) is -1.93. The van der Waals surface area contributed by atoms with E-state index in [1.807, 2.05) is 0 Å². The second kappa shape index (κ2) is 5.85. The molecule has 122 valence electrons. The van der Waals surface area contributed by atoms with Gasteiger partial charge in [-0.3, -0.25) is 9.59 Å². The molecule has 0 saturated carbocycles. The van der Waals surface area contributed by atoms with E-state index in [1.165, 1.54) is 6.92 Å². The fourth-order valence-corrected chi connectivity index (χ4v) is 2.71. The Morgan fingerprint density at radius 2 is 1.81 bits per heavy atom. The Hall–Kier alpha value is -1.27. The van der Waals surface area contributed by atoms with Crippen molar-refractivity contribution in [3.05, 3.63) is 0 Å². The number of hydrogen-bond acceptors (Lipinski definition) is 2. The summed E-state index contributed by atoms with van der Waals surface area (Å²) in [5, 5.41) is 2.66. The Kier molecular flexibility index (Phi) is 4.95. The van der Waals surface area contributed by atoms with Gasteiger partial charge in [-0.05, 0) is 26.2 Å². The van der Waals surface area contributed by atoms with Crippen molar-refractivity contribution in [2.45, 2.75) is 71.3 Å². The van der Waals surface area contributed by atoms with E-state index in [1.54, 1.807) is 27.7 Å². The lowest BCUT2D eigenvalue weighted by Gasteiger charge is -2.48. The summed E-state index contributed by atoms with van der Waals surface area (Å²) in [6.45, 7) is 8.06. The van der Waals surface area contributed by atoms with Crippen LogP contribution in [0.25, 0.3) is 0 Å². The first-order valence-corrected chi connectivity index (χ1v) is 7.14. The molecule has 7 heteroatoms. The highest BCUT2D eigenvalue weighted by Gasteiger charge is 2.50. The van der Waals surface area contributed by atoms with E-state index in [0.717, 1.165) is 4.90 Å². The normalized spacial score (nSPS) is 28.8. The summed E-state index contributed by atoms with van der Waals surface area (Å²) in [4.78, 5) is 26.0. The third kappa shape index (κ3) is 3.68. The number of halogens is 3. The van der Waals surface area contributed by atoms with Crippen LogP contribution >= 0.6 is 0 Å². The highest BCUT2D eigenvalue weighted by molar-refractivity contribution is 5.99. The maximum atomic E-state index is 12.6. The van der Waals surface area contributed by atoms with Gasteiger partial charge in [0.2, 0.25) is 11.8 Å². The Bertz CT molecular complexity index is 423. The summed E-state index contributed by atoms with van der Waals surface area (Å²) >= 11 is 0. The topological polar surface area (TPSA) is 49.4 Å². The first kappa shape index (κ1) is 17.8. The van der Waals surface area contributed by atoms with Crippen LogP contribution in [0.1, 0.15) is 47.5 Å². The number of amides is 2. The third-order valence-corrected chi connectivity index (χ3v) is 4.01. The zero-order valence-corrected chi connectivity index (χ0v) is 13.0. The SMILES string of the molecule is CCC1(C)NC(=O)C(C(C)C)N(C(C)CC(F)(F)F)C1=O. The number of alkyl halides is 3. The van der Waals surface area contributed by atoms with Crippen molar-refractivity contribution in [2.24, 2.45) is 5.92 Å². The van der Waals surface area contributed by atoms with E-state index in [9.17, 15) is 22.8 Å². The monoisotopic (exact) mass is 308 g/mol. The molecule has 1 N–H and O–H groups in total. The minimum atomic E-state index is -4.38. The number of piperazine rings is 1. The average molecular weight is 308 g/mol. The van der Waals surface area contributed by atoms with Gasteiger partial charge in [0, 0.05) is 6.04 Å². The molecule has 21 heavy (non-hydrogen) atoms. The largest absolute Gasteiger partial charge is 0.391 e. The first-order valence-electron chi connectivity index (χ1n) is 7.14. The molecule has 4 nitrogen and oxygen atoms in total. The van der Waals surface area contributed by atoms with E-state index in [4.69, 9.17) is 0 Å². The minimum absolute atomic E-state index is 0.258. The van der Waals surface area contributed by atoms with E-state index >= 15 is 0 Å². The lowest BCUT2D eigenvalue weighted by atomic mass is 9.87. The second-order valence-electron chi connectivity index (χ2n) is 6.24. The van der Waals surface area contributed by atoms with E-state index in [-0.39, 0.29) is 11.8 Å². The number of hydrogen-bond donors (Lipinski definition) is 1. The lowest BCUT2D eigenvalue weighted by Crippen LogP contribution is -2.71. The molecule has 0 radical (unpaired) electrons. The number of rotatable bonds is 4. The maximum absolute atomic E-state index is 12.6. The first-order chi connectivity index (χ1) is 9.43. The number of carbonyl (C=O) groups excluding carboxylic acids is 2. The Morgan fingerprint density at radius 3 is 2.19 bits per heavy atom. The van der Waals surface area contributed by atoms with E-state index in [0.29, 0.717) is 6.42 Å². The molecule has 0 aromatic heterocycles. The summed E-state index contributed by atoms with van der Waals surface area (Å²) < 4.78 is 37.9. The van der Waals surface area contributed by atoms with Gasteiger partial charge in [-0.15, -0.1) is 0 Å². The van der Waals surface area contributed by atoms with Crippen molar-refractivity contribution >= 4 is 11.8 Å². The molecule has 0 aromatic carbocycles. The molecule has 1 aliphatic heterocycles. The van der Waals surface area contributed by atoms with Crippen LogP contribution in [-0.2, 0) is 9.59 Å². The van der Waals surface area contributed by atoms with Crippen LogP contribution in [0.3, 0.4) is 0 Å². The summed E-state index contributed by atoms with van der Waals surface area (Å²) in [7, 11) is 0. The van der Waals surface area contributed by atoms with Crippen LogP contribution < -0.4 is 5.32 Å². The molecule has 3 atom stereocenters. The van der Waals surface area contributed by atoms with Crippen molar-refractivity contribution in [2.75, 3.05) is 0 Å². The van der Waals surface area contributed by atoms with Gasteiger partial charge in [-0.1, -0.05) is 20.8 Å². The van der Waals surface area contributed by atoms with Gasteiger partial charge in [-0.2, -0.15) is 13.2 Å². The molecule has 0 spiro atoms. The predicted octanol–water partition coefficient (Wildman–Crippen LogP) is 2.48. The van der Waals surface area contributed by atoms with Gasteiger partial charge in [0.05, 0.1) is 6.42 Å². The fraction of sp³-hybridized carbons (Fsp3) is 0.857. The quantitative estimate of drug-likeness (QED) is 0.867. The zero-order chi connectivity index (χ0) is 16.6. The van der Waals surface area contributed by atoms with Gasteiger partial charge < -0.3 is 10.2 Å². The number of nitrogens with one attached hydrogen (secondary N) is 1. The second-order valence-corrected chi connectivity index (χ2v) is 6.24. The van der Waals surface area contributed by atoms with Crippen molar-refractivity contribution in [3.63, 3.8) is 0 Å². The van der Waals surface area contributed by atoms with Crippen LogP contribution in [0.5, 0.6) is 0 Å². The molecule has 3 unspecified atom stereocenters. The van der Waals surface area contributed by atoms with Gasteiger partial charge in [0.1, 0.15) is 11.6 Å². The van der Waals surface area contributed by atoms with Gasteiger partial charge in [0.15, 0.2) is 0 Å². The smallest absolute Gasteiger partial charge is 0.340 e. The molecule has 1 heterocycles. The zero-order valence-electron chi connectivity index (χ0n) is 13.0. The van der Waals surface area contributed by atoms with Gasteiger partial charge >= 0.3 is 6.18 Å². The predicted molar refractivity (Wildman–Crippen MR) is 72.4 cm³/mol. The summed E-state index contributed by atoms with van der Waals surface area (Å²) in [5.41, 5.74) is -1.14. The van der Waals surface area contributed by atoms with Crippen LogP contribution in [0.4, 0.5) is 13.2 Å². The molecule has 2 amide bonds. The molecule has 1 fully saturated rings. The highest BCUT2D eigenvalue weighted by atomic mass is 19.4. The molecular formula is C14H23F3N2O2. The molecule has 1 saturated heterocycles. The molecular weight excluding hydrogens is 285 g/mol. The third-order valence-electron chi connectivity index (χ3n) is 4.01. The van der Waals surface area contributed by atoms with Crippen LogP contribution in [-0.4, -0.2) is 40.5 Å². The molecule has 1 rings (SSSR count). The standard InChI is InChI=1S/C14H23F3N2O2/c1-6-13(5)12(21)19(9(4)7-14(15,16)17)10(8(2)3)11(20)18-13/h8-10H,6-7H2,1-5H3,(H,18,20). The summed E-state index contributed by atoms with van der Waals surface area (Å²) in [5.74, 6) is -1.09. The number of nitrogens with zero attached hydrogens (tertiary/aromatic N) is 1.